The van der Waals surface area contributed by atoms with E-state index < -0.39 is 6.04 Å². The first-order chi connectivity index (χ1) is 14.5. The second-order valence-electron chi connectivity index (χ2n) is 6.60. The lowest BCUT2D eigenvalue weighted by atomic mass is 10.1. The van der Waals surface area contributed by atoms with Crippen molar-refractivity contribution in [3.8, 4) is 0 Å². The maximum Gasteiger partial charge on any atom is 0.251 e. The Balaban J connectivity index is 1.62. The molecule has 0 aliphatic heterocycles. The number of hydrogen-bond acceptors (Lipinski definition) is 5. The monoisotopic (exact) mass is 459 g/mol. The fraction of sp³-hybridized carbons (Fsp3) is 0.227. The topological polar surface area (TPSA) is 71.1 Å². The van der Waals surface area contributed by atoms with Crippen molar-refractivity contribution < 1.29 is 9.59 Å². The van der Waals surface area contributed by atoms with Crippen LogP contribution in [0.2, 0.25) is 5.02 Å². The van der Waals surface area contributed by atoms with Gasteiger partial charge in [-0.2, -0.15) is 11.8 Å². The van der Waals surface area contributed by atoms with Crippen LogP contribution in [0.15, 0.2) is 60.8 Å². The van der Waals surface area contributed by atoms with Crippen molar-refractivity contribution >= 4 is 51.6 Å². The highest BCUT2D eigenvalue weighted by atomic mass is 35.5. The molecule has 8 heteroatoms. The van der Waals surface area contributed by atoms with Crippen LogP contribution in [0.3, 0.4) is 0 Å². The Kier molecular flexibility index (Phi) is 8.30. The number of aromatic nitrogens is 1. The molecule has 2 amide bonds. The van der Waals surface area contributed by atoms with Gasteiger partial charge in [0.1, 0.15) is 6.04 Å². The lowest BCUT2D eigenvalue weighted by Crippen LogP contribution is -2.44. The molecule has 5 nitrogen and oxygen atoms in total. The number of carbonyl (C=O) groups is 2. The molecule has 3 rings (SSSR count). The van der Waals surface area contributed by atoms with Crippen molar-refractivity contribution in [2.75, 3.05) is 17.3 Å². The first-order valence-corrected chi connectivity index (χ1v) is 12.0. The molecule has 0 aliphatic carbocycles. The van der Waals surface area contributed by atoms with Gasteiger partial charge < -0.3 is 10.6 Å². The number of anilines is 1. The molecule has 0 radical (unpaired) electrons. The van der Waals surface area contributed by atoms with E-state index in [9.17, 15) is 9.59 Å². The van der Waals surface area contributed by atoms with Gasteiger partial charge in [-0.15, -0.1) is 11.3 Å². The van der Waals surface area contributed by atoms with E-state index in [0.717, 1.165) is 16.2 Å². The number of thiazole rings is 1. The van der Waals surface area contributed by atoms with Crippen molar-refractivity contribution in [2.24, 2.45) is 0 Å². The molecule has 0 saturated carbocycles. The molecule has 0 spiro atoms. The molecule has 0 saturated heterocycles. The lowest BCUT2D eigenvalue weighted by Gasteiger charge is -2.17. The van der Waals surface area contributed by atoms with Crippen LogP contribution >= 0.6 is 34.7 Å². The van der Waals surface area contributed by atoms with Gasteiger partial charge in [0.15, 0.2) is 5.13 Å². The van der Waals surface area contributed by atoms with Crippen molar-refractivity contribution in [1.82, 2.24) is 10.3 Å². The normalized spacial score (nSPS) is 11.7. The Labute approximate surface area is 189 Å². The molecule has 2 N–H and O–H groups in total. The molecule has 1 heterocycles. The molecule has 0 aliphatic rings. The molecule has 0 bridgehead atoms. The summed E-state index contributed by atoms with van der Waals surface area (Å²) in [5, 5.41) is 6.91. The highest BCUT2D eigenvalue weighted by molar-refractivity contribution is 7.98. The van der Waals surface area contributed by atoms with Gasteiger partial charge in [0.2, 0.25) is 5.91 Å². The number of nitrogens with zero attached hydrogens (tertiary/aromatic N) is 1. The first-order valence-electron chi connectivity index (χ1n) is 9.40. The van der Waals surface area contributed by atoms with E-state index in [4.69, 9.17) is 11.6 Å². The summed E-state index contributed by atoms with van der Waals surface area (Å²) in [6.45, 7) is 0. The van der Waals surface area contributed by atoms with Crippen LogP contribution < -0.4 is 10.6 Å². The summed E-state index contributed by atoms with van der Waals surface area (Å²) in [4.78, 5) is 30.6. The van der Waals surface area contributed by atoms with E-state index in [-0.39, 0.29) is 11.8 Å². The minimum absolute atomic E-state index is 0.263. The lowest BCUT2D eigenvalue weighted by molar-refractivity contribution is -0.118. The number of benzene rings is 2. The van der Waals surface area contributed by atoms with Gasteiger partial charge in [-0.25, -0.2) is 4.98 Å². The third kappa shape index (κ3) is 6.58. The van der Waals surface area contributed by atoms with Gasteiger partial charge in [-0.3, -0.25) is 9.59 Å². The van der Waals surface area contributed by atoms with Crippen LogP contribution in [0, 0.1) is 0 Å². The predicted octanol–water partition coefficient (Wildman–Crippen LogP) is 4.88. The standard InChI is InChI=1S/C22H22ClN3O2S2/c1-29-12-11-19(25-20(27)16-5-3-2-4-6-16)21(28)26-22-24-14-18(30-22)13-15-7-9-17(23)10-8-15/h2-10,14,19H,11-13H2,1H3,(H,25,27)(H,24,26,28). The van der Waals surface area contributed by atoms with Crippen LogP contribution in [0.4, 0.5) is 5.13 Å². The van der Waals surface area contributed by atoms with Gasteiger partial charge in [0.05, 0.1) is 0 Å². The molecular formula is C22H22ClN3O2S2. The fourth-order valence-electron chi connectivity index (χ4n) is 2.78. The Bertz CT molecular complexity index is 978. The summed E-state index contributed by atoms with van der Waals surface area (Å²) < 4.78 is 0. The molecule has 1 aromatic heterocycles. The van der Waals surface area contributed by atoms with Crippen molar-refractivity contribution in [3.63, 3.8) is 0 Å². The van der Waals surface area contributed by atoms with Crippen LogP contribution in [-0.2, 0) is 11.2 Å². The smallest absolute Gasteiger partial charge is 0.251 e. The Morgan fingerprint density at radius 1 is 1.13 bits per heavy atom. The second-order valence-corrected chi connectivity index (χ2v) is 9.14. The molecule has 30 heavy (non-hydrogen) atoms. The zero-order chi connectivity index (χ0) is 21.3. The summed E-state index contributed by atoms with van der Waals surface area (Å²) in [5.74, 6) is 0.229. The van der Waals surface area contributed by atoms with E-state index in [1.807, 2.05) is 36.6 Å². The van der Waals surface area contributed by atoms with E-state index in [1.165, 1.54) is 11.3 Å². The SMILES string of the molecule is CSCCC(NC(=O)c1ccccc1)C(=O)Nc1ncc(Cc2ccc(Cl)cc2)s1. The first kappa shape index (κ1) is 22.3. The third-order valence-corrected chi connectivity index (χ3v) is 6.15. The maximum absolute atomic E-state index is 12.8. The number of carbonyl (C=O) groups excluding carboxylic acids is 2. The zero-order valence-electron chi connectivity index (χ0n) is 16.4. The minimum Gasteiger partial charge on any atom is -0.340 e. The number of hydrogen-bond donors (Lipinski definition) is 2. The van der Waals surface area contributed by atoms with Gasteiger partial charge in [0, 0.05) is 28.1 Å². The largest absolute Gasteiger partial charge is 0.340 e. The average Bonchev–Trinajstić information content (AvgIpc) is 3.19. The second kappa shape index (κ2) is 11.2. The summed E-state index contributed by atoms with van der Waals surface area (Å²) in [5.41, 5.74) is 1.65. The van der Waals surface area contributed by atoms with E-state index in [0.29, 0.717) is 28.6 Å². The van der Waals surface area contributed by atoms with E-state index >= 15 is 0 Å². The maximum atomic E-state index is 12.8. The molecular weight excluding hydrogens is 438 g/mol. The quantitative estimate of drug-likeness (QED) is 0.478. The summed E-state index contributed by atoms with van der Waals surface area (Å²) in [7, 11) is 0. The molecule has 3 aromatic rings. The predicted molar refractivity (Wildman–Crippen MR) is 126 cm³/mol. The van der Waals surface area contributed by atoms with Crippen LogP contribution in [0.1, 0.15) is 27.2 Å². The van der Waals surface area contributed by atoms with Crippen molar-refractivity contribution in [1.29, 1.82) is 0 Å². The number of rotatable bonds is 9. The highest BCUT2D eigenvalue weighted by Crippen LogP contribution is 2.22. The van der Waals surface area contributed by atoms with Crippen molar-refractivity contribution in [3.05, 3.63) is 81.8 Å². The fourth-order valence-corrected chi connectivity index (χ4v) is 4.23. The molecule has 156 valence electrons. The Hall–Kier alpha value is -2.35. The minimum atomic E-state index is -0.631. The van der Waals surface area contributed by atoms with Crippen LogP contribution in [0.5, 0.6) is 0 Å². The van der Waals surface area contributed by atoms with E-state index in [2.05, 4.69) is 15.6 Å². The average molecular weight is 460 g/mol. The Morgan fingerprint density at radius 3 is 2.57 bits per heavy atom. The Morgan fingerprint density at radius 2 is 1.87 bits per heavy atom. The number of amides is 2. The molecule has 1 atom stereocenters. The highest BCUT2D eigenvalue weighted by Gasteiger charge is 2.22. The number of nitrogens with one attached hydrogen (secondary N) is 2. The van der Waals surface area contributed by atoms with Crippen molar-refractivity contribution in [2.45, 2.75) is 18.9 Å². The van der Waals surface area contributed by atoms with Gasteiger partial charge in [0.25, 0.3) is 5.91 Å². The van der Waals surface area contributed by atoms with Gasteiger partial charge >= 0.3 is 0 Å². The third-order valence-electron chi connectivity index (χ3n) is 4.34. The summed E-state index contributed by atoms with van der Waals surface area (Å²) in [6, 6.07) is 15.9. The zero-order valence-corrected chi connectivity index (χ0v) is 18.8. The number of thioether (sulfide) groups is 1. The summed E-state index contributed by atoms with van der Waals surface area (Å²) in [6.07, 6.45) is 4.98. The molecule has 2 aromatic carbocycles. The molecule has 1 unspecified atom stereocenters. The summed E-state index contributed by atoms with van der Waals surface area (Å²) >= 11 is 8.98. The van der Waals surface area contributed by atoms with Crippen LogP contribution in [0.25, 0.3) is 0 Å². The van der Waals surface area contributed by atoms with Gasteiger partial charge in [-0.05, 0) is 48.3 Å². The van der Waals surface area contributed by atoms with E-state index in [1.54, 1.807) is 42.2 Å². The number of halogens is 1. The molecule has 0 fully saturated rings. The van der Waals surface area contributed by atoms with Gasteiger partial charge in [-0.1, -0.05) is 41.9 Å². The van der Waals surface area contributed by atoms with Crippen LogP contribution in [-0.4, -0.2) is 34.8 Å².